The quantitative estimate of drug-likeness (QED) is 0.822. The minimum Gasteiger partial charge on any atom is -0.490 e. The molecule has 0 saturated carbocycles. The van der Waals surface area contributed by atoms with Crippen LogP contribution in [0.4, 0.5) is 4.39 Å². The standard InChI is InChI=1S/C18H18FNO2/c1-3-12-22-15-10-8-14(9-11-15)18(21)20-13(2)16-6-4-5-7-17(16)19/h3-11,13H,1,12H2,2H3,(H,20,21)/t13-/m0/s1. The first-order chi connectivity index (χ1) is 10.6. The molecule has 114 valence electrons. The van der Waals surface area contributed by atoms with Gasteiger partial charge < -0.3 is 10.1 Å². The lowest BCUT2D eigenvalue weighted by Crippen LogP contribution is -2.27. The van der Waals surface area contributed by atoms with Crippen LogP contribution in [-0.2, 0) is 0 Å². The molecule has 22 heavy (non-hydrogen) atoms. The summed E-state index contributed by atoms with van der Waals surface area (Å²) in [6.07, 6.45) is 1.65. The van der Waals surface area contributed by atoms with Gasteiger partial charge >= 0.3 is 0 Å². The van der Waals surface area contributed by atoms with Gasteiger partial charge in [0.15, 0.2) is 0 Å². The van der Waals surface area contributed by atoms with Crippen LogP contribution in [0.5, 0.6) is 5.75 Å². The maximum Gasteiger partial charge on any atom is 0.251 e. The molecule has 0 aromatic heterocycles. The molecule has 4 heteroatoms. The van der Waals surface area contributed by atoms with Gasteiger partial charge in [-0.2, -0.15) is 0 Å². The van der Waals surface area contributed by atoms with Gasteiger partial charge in [-0.15, -0.1) is 0 Å². The first-order valence-corrected chi connectivity index (χ1v) is 7.01. The van der Waals surface area contributed by atoms with Gasteiger partial charge in [0, 0.05) is 11.1 Å². The second-order valence-corrected chi connectivity index (χ2v) is 4.84. The lowest BCUT2D eigenvalue weighted by atomic mass is 10.1. The van der Waals surface area contributed by atoms with E-state index in [9.17, 15) is 9.18 Å². The first kappa shape index (κ1) is 15.8. The van der Waals surface area contributed by atoms with Crippen molar-refractivity contribution in [2.24, 2.45) is 0 Å². The van der Waals surface area contributed by atoms with Crippen molar-refractivity contribution in [1.29, 1.82) is 0 Å². The van der Waals surface area contributed by atoms with E-state index < -0.39 is 6.04 Å². The number of halogens is 1. The number of carbonyl (C=O) groups excluding carboxylic acids is 1. The predicted octanol–water partition coefficient (Wildman–Crippen LogP) is 3.88. The average molecular weight is 299 g/mol. The van der Waals surface area contributed by atoms with E-state index in [1.807, 2.05) is 0 Å². The Morgan fingerprint density at radius 1 is 1.27 bits per heavy atom. The molecule has 0 aliphatic heterocycles. The molecule has 0 aliphatic rings. The molecular weight excluding hydrogens is 281 g/mol. The smallest absolute Gasteiger partial charge is 0.251 e. The summed E-state index contributed by atoms with van der Waals surface area (Å²) in [7, 11) is 0. The highest BCUT2D eigenvalue weighted by Gasteiger charge is 2.14. The molecule has 0 heterocycles. The monoisotopic (exact) mass is 299 g/mol. The van der Waals surface area contributed by atoms with Crippen molar-refractivity contribution in [3.8, 4) is 5.75 Å². The fourth-order valence-electron chi connectivity index (χ4n) is 2.04. The molecule has 0 saturated heterocycles. The Morgan fingerprint density at radius 3 is 2.59 bits per heavy atom. The van der Waals surface area contributed by atoms with E-state index in [0.29, 0.717) is 23.5 Å². The van der Waals surface area contributed by atoms with Gasteiger partial charge in [0.05, 0.1) is 6.04 Å². The first-order valence-electron chi connectivity index (χ1n) is 7.01. The highest BCUT2D eigenvalue weighted by atomic mass is 19.1. The molecule has 1 amide bonds. The number of benzene rings is 2. The molecule has 1 N–H and O–H groups in total. The van der Waals surface area contributed by atoms with E-state index in [4.69, 9.17) is 4.74 Å². The third-order valence-electron chi connectivity index (χ3n) is 3.20. The van der Waals surface area contributed by atoms with Crippen LogP contribution in [0.25, 0.3) is 0 Å². The topological polar surface area (TPSA) is 38.3 Å². The molecule has 3 nitrogen and oxygen atoms in total. The van der Waals surface area contributed by atoms with Crippen molar-refractivity contribution in [3.05, 3.63) is 78.1 Å². The predicted molar refractivity (Wildman–Crippen MR) is 84.4 cm³/mol. The van der Waals surface area contributed by atoms with E-state index >= 15 is 0 Å². The maximum atomic E-state index is 13.7. The average Bonchev–Trinajstić information content (AvgIpc) is 2.53. The largest absolute Gasteiger partial charge is 0.490 e. The van der Waals surface area contributed by atoms with Gasteiger partial charge in [-0.25, -0.2) is 4.39 Å². The van der Waals surface area contributed by atoms with E-state index in [1.165, 1.54) is 6.07 Å². The fraction of sp³-hybridized carbons (Fsp3) is 0.167. The number of hydrogen-bond donors (Lipinski definition) is 1. The second-order valence-electron chi connectivity index (χ2n) is 4.84. The van der Waals surface area contributed by atoms with Gasteiger partial charge in [-0.05, 0) is 37.3 Å². The van der Waals surface area contributed by atoms with Crippen molar-refractivity contribution in [2.45, 2.75) is 13.0 Å². The Hall–Kier alpha value is -2.62. The van der Waals surface area contributed by atoms with Crippen molar-refractivity contribution in [1.82, 2.24) is 5.32 Å². The number of rotatable bonds is 6. The zero-order chi connectivity index (χ0) is 15.9. The summed E-state index contributed by atoms with van der Waals surface area (Å²) in [6.45, 7) is 5.73. The van der Waals surface area contributed by atoms with Crippen molar-refractivity contribution in [2.75, 3.05) is 6.61 Å². The molecular formula is C18H18FNO2. The van der Waals surface area contributed by atoms with E-state index in [0.717, 1.165) is 0 Å². The van der Waals surface area contributed by atoms with Crippen molar-refractivity contribution >= 4 is 5.91 Å². The van der Waals surface area contributed by atoms with Gasteiger partial charge in [-0.3, -0.25) is 4.79 Å². The molecule has 1 atom stereocenters. The summed E-state index contributed by atoms with van der Waals surface area (Å²) < 4.78 is 19.0. The summed E-state index contributed by atoms with van der Waals surface area (Å²) >= 11 is 0. The molecule has 0 aliphatic carbocycles. The van der Waals surface area contributed by atoms with Crippen molar-refractivity contribution < 1.29 is 13.9 Å². The van der Waals surface area contributed by atoms with Crippen LogP contribution in [0.3, 0.4) is 0 Å². The molecule has 0 fully saturated rings. The highest BCUT2D eigenvalue weighted by Crippen LogP contribution is 2.17. The summed E-state index contributed by atoms with van der Waals surface area (Å²) in [5.41, 5.74) is 0.955. The molecule has 0 unspecified atom stereocenters. The Kier molecular flexibility index (Phi) is 5.31. The molecule has 0 radical (unpaired) electrons. The number of amides is 1. The summed E-state index contributed by atoms with van der Waals surface area (Å²) in [5, 5.41) is 2.78. The second kappa shape index (κ2) is 7.41. The zero-order valence-electron chi connectivity index (χ0n) is 12.4. The van der Waals surface area contributed by atoms with Crippen LogP contribution in [0, 0.1) is 5.82 Å². The van der Waals surface area contributed by atoms with Gasteiger partial charge in [-0.1, -0.05) is 30.9 Å². The van der Waals surface area contributed by atoms with Crippen LogP contribution in [0.15, 0.2) is 61.2 Å². The van der Waals surface area contributed by atoms with E-state index in [1.54, 1.807) is 55.5 Å². The Labute approximate surface area is 129 Å². The normalized spacial score (nSPS) is 11.5. The van der Waals surface area contributed by atoms with Crippen LogP contribution < -0.4 is 10.1 Å². The summed E-state index contributed by atoms with van der Waals surface area (Å²) in [5.74, 6) is 0.0769. The lowest BCUT2D eigenvalue weighted by Gasteiger charge is -2.15. The van der Waals surface area contributed by atoms with Gasteiger partial charge in [0.2, 0.25) is 0 Å². The van der Waals surface area contributed by atoms with Crippen LogP contribution in [0.2, 0.25) is 0 Å². The molecule has 0 bridgehead atoms. The van der Waals surface area contributed by atoms with E-state index in [2.05, 4.69) is 11.9 Å². The van der Waals surface area contributed by atoms with Gasteiger partial charge in [0.25, 0.3) is 5.91 Å². The number of nitrogens with one attached hydrogen (secondary N) is 1. The van der Waals surface area contributed by atoms with Crippen molar-refractivity contribution in [3.63, 3.8) is 0 Å². The number of ether oxygens (including phenoxy) is 1. The third kappa shape index (κ3) is 3.95. The zero-order valence-corrected chi connectivity index (χ0v) is 12.4. The molecule has 2 rings (SSSR count). The van der Waals surface area contributed by atoms with Crippen LogP contribution in [0.1, 0.15) is 28.9 Å². The van der Waals surface area contributed by atoms with Gasteiger partial charge in [0.1, 0.15) is 18.2 Å². The summed E-state index contributed by atoms with van der Waals surface area (Å²) in [6, 6.07) is 12.8. The minimum absolute atomic E-state index is 0.258. The third-order valence-corrected chi connectivity index (χ3v) is 3.20. The number of hydrogen-bond acceptors (Lipinski definition) is 2. The molecule has 0 spiro atoms. The SMILES string of the molecule is C=CCOc1ccc(C(=O)N[C@@H](C)c2ccccc2F)cc1. The Balaban J connectivity index is 2.02. The Bertz CT molecular complexity index is 652. The van der Waals surface area contributed by atoms with E-state index in [-0.39, 0.29) is 11.7 Å². The lowest BCUT2D eigenvalue weighted by molar-refractivity contribution is 0.0939. The molecule has 2 aromatic rings. The van der Waals surface area contributed by atoms with Crippen LogP contribution >= 0.6 is 0 Å². The van der Waals surface area contributed by atoms with Crippen LogP contribution in [-0.4, -0.2) is 12.5 Å². The highest BCUT2D eigenvalue weighted by molar-refractivity contribution is 5.94. The molecule has 2 aromatic carbocycles. The maximum absolute atomic E-state index is 13.7. The number of carbonyl (C=O) groups is 1. The Morgan fingerprint density at radius 2 is 1.95 bits per heavy atom. The summed E-state index contributed by atoms with van der Waals surface area (Å²) in [4.78, 5) is 12.2. The minimum atomic E-state index is -0.412. The fourth-order valence-corrected chi connectivity index (χ4v) is 2.04.